The molecule has 0 atom stereocenters. The van der Waals surface area contributed by atoms with Gasteiger partial charge in [-0.1, -0.05) is 0 Å². The van der Waals surface area contributed by atoms with Crippen molar-refractivity contribution in [3.8, 4) is 0 Å². The fraction of sp³-hybridized carbons (Fsp3) is 0.333. The normalized spacial score (nSPS) is 10.5. The van der Waals surface area contributed by atoms with E-state index >= 15 is 0 Å². The van der Waals surface area contributed by atoms with Gasteiger partial charge in [-0.2, -0.15) is 5.10 Å². The van der Waals surface area contributed by atoms with Crippen LogP contribution in [0.25, 0.3) is 0 Å². The number of aromatic nitrogens is 3. The van der Waals surface area contributed by atoms with Crippen molar-refractivity contribution in [3.05, 3.63) is 42.0 Å². The van der Waals surface area contributed by atoms with E-state index in [1.165, 1.54) is 0 Å². The Morgan fingerprint density at radius 1 is 1.47 bits per heavy atom. The quantitative estimate of drug-likeness (QED) is 0.852. The summed E-state index contributed by atoms with van der Waals surface area (Å²) in [5, 5.41) is 13.2. The smallest absolute Gasteiger partial charge is 0.0853 e. The highest BCUT2D eigenvalue weighted by Crippen LogP contribution is 2.15. The largest absolute Gasteiger partial charge is 0.390 e. The molecule has 0 aliphatic heterocycles. The van der Waals surface area contributed by atoms with Gasteiger partial charge in [-0.05, 0) is 12.1 Å². The van der Waals surface area contributed by atoms with Gasteiger partial charge in [-0.15, -0.1) is 0 Å². The van der Waals surface area contributed by atoms with E-state index in [4.69, 9.17) is 5.11 Å². The lowest BCUT2D eigenvalue weighted by atomic mass is 10.2. The zero-order valence-corrected chi connectivity index (χ0v) is 10.0. The van der Waals surface area contributed by atoms with Gasteiger partial charge in [0.25, 0.3) is 0 Å². The summed E-state index contributed by atoms with van der Waals surface area (Å²) >= 11 is 0. The summed E-state index contributed by atoms with van der Waals surface area (Å²) in [6, 6.07) is 3.81. The number of rotatable bonds is 4. The maximum Gasteiger partial charge on any atom is 0.0853 e. The van der Waals surface area contributed by atoms with Crippen LogP contribution < -0.4 is 4.90 Å². The summed E-state index contributed by atoms with van der Waals surface area (Å²) in [5.41, 5.74) is 2.87. The Morgan fingerprint density at radius 3 is 2.94 bits per heavy atom. The number of anilines is 1. The minimum absolute atomic E-state index is 0.0332. The summed E-state index contributed by atoms with van der Waals surface area (Å²) in [4.78, 5) is 6.15. The summed E-state index contributed by atoms with van der Waals surface area (Å²) in [6.45, 7) is 0.747. The second kappa shape index (κ2) is 4.97. The predicted octanol–water partition coefficient (Wildman–Crippen LogP) is 0.944. The first-order valence-electron chi connectivity index (χ1n) is 5.43. The van der Waals surface area contributed by atoms with Crippen LogP contribution in [-0.2, 0) is 20.2 Å². The minimum atomic E-state index is -0.0332. The molecule has 0 saturated carbocycles. The van der Waals surface area contributed by atoms with E-state index in [0.717, 1.165) is 17.8 Å². The van der Waals surface area contributed by atoms with Gasteiger partial charge in [-0.3, -0.25) is 9.67 Å². The van der Waals surface area contributed by atoms with Crippen LogP contribution in [-0.4, -0.2) is 26.9 Å². The van der Waals surface area contributed by atoms with Crippen molar-refractivity contribution in [3.63, 3.8) is 0 Å². The van der Waals surface area contributed by atoms with Gasteiger partial charge in [0.05, 0.1) is 18.5 Å². The molecule has 2 rings (SSSR count). The first-order chi connectivity index (χ1) is 8.19. The third-order valence-corrected chi connectivity index (χ3v) is 2.58. The molecule has 0 radical (unpaired) electrons. The van der Waals surface area contributed by atoms with Gasteiger partial charge < -0.3 is 10.0 Å². The number of aliphatic hydroxyl groups excluding tert-OH is 1. The van der Waals surface area contributed by atoms with Gasteiger partial charge in [-0.25, -0.2) is 0 Å². The molecule has 0 aromatic carbocycles. The van der Waals surface area contributed by atoms with E-state index in [9.17, 15) is 0 Å². The maximum absolute atomic E-state index is 9.04. The van der Waals surface area contributed by atoms with Crippen LogP contribution in [0, 0.1) is 0 Å². The van der Waals surface area contributed by atoms with E-state index in [1.807, 2.05) is 38.6 Å². The Bertz CT molecular complexity index is 495. The number of hydrogen-bond acceptors (Lipinski definition) is 4. The van der Waals surface area contributed by atoms with Gasteiger partial charge >= 0.3 is 0 Å². The summed E-state index contributed by atoms with van der Waals surface area (Å²) < 4.78 is 1.79. The van der Waals surface area contributed by atoms with Crippen LogP contribution in [0.5, 0.6) is 0 Å². The number of aliphatic hydroxyl groups is 1. The van der Waals surface area contributed by atoms with Crippen LogP contribution in [0.15, 0.2) is 30.7 Å². The van der Waals surface area contributed by atoms with Crippen LogP contribution in [0.1, 0.15) is 11.3 Å². The molecule has 2 aromatic rings. The molecule has 0 amide bonds. The highest BCUT2D eigenvalue weighted by Gasteiger charge is 2.04. The Hall–Kier alpha value is -1.88. The van der Waals surface area contributed by atoms with E-state index in [2.05, 4.69) is 15.0 Å². The molecule has 2 heterocycles. The number of nitrogens with zero attached hydrogens (tertiary/aromatic N) is 4. The second-order valence-electron chi connectivity index (χ2n) is 4.04. The van der Waals surface area contributed by atoms with Crippen LogP contribution in [0.3, 0.4) is 0 Å². The lowest BCUT2D eigenvalue weighted by molar-refractivity contribution is 0.277. The van der Waals surface area contributed by atoms with E-state index in [-0.39, 0.29) is 6.61 Å². The summed E-state index contributed by atoms with van der Waals surface area (Å²) in [6.07, 6.45) is 5.55. The van der Waals surface area contributed by atoms with E-state index in [1.54, 1.807) is 10.9 Å². The first-order valence-corrected chi connectivity index (χ1v) is 5.43. The van der Waals surface area contributed by atoms with Crippen molar-refractivity contribution in [2.75, 3.05) is 11.9 Å². The Balaban J connectivity index is 2.11. The van der Waals surface area contributed by atoms with Gasteiger partial charge in [0.15, 0.2) is 0 Å². The molecule has 0 fully saturated rings. The summed E-state index contributed by atoms with van der Waals surface area (Å²) in [5.74, 6) is 0. The topological polar surface area (TPSA) is 54.2 Å². The van der Waals surface area contributed by atoms with Crippen LogP contribution >= 0.6 is 0 Å². The molecule has 1 N–H and O–H groups in total. The third-order valence-electron chi connectivity index (χ3n) is 2.58. The van der Waals surface area contributed by atoms with Crippen molar-refractivity contribution >= 4 is 5.69 Å². The van der Waals surface area contributed by atoms with Gasteiger partial charge in [0, 0.05) is 44.3 Å². The Morgan fingerprint density at radius 2 is 2.29 bits per heavy atom. The third kappa shape index (κ3) is 2.82. The molecule has 90 valence electrons. The molecule has 0 aliphatic carbocycles. The van der Waals surface area contributed by atoms with E-state index in [0.29, 0.717) is 5.69 Å². The SMILES string of the molecule is CN(Cc1cnn(C)c1)c1ccnc(CO)c1. The molecular formula is C12H16N4O. The Labute approximate surface area is 100 Å². The van der Waals surface area contributed by atoms with Crippen molar-refractivity contribution in [1.29, 1.82) is 0 Å². The lowest BCUT2D eigenvalue weighted by Gasteiger charge is -2.18. The summed E-state index contributed by atoms with van der Waals surface area (Å²) in [7, 11) is 3.91. The molecule has 2 aromatic heterocycles. The number of hydrogen-bond donors (Lipinski definition) is 1. The maximum atomic E-state index is 9.04. The zero-order chi connectivity index (χ0) is 12.3. The molecule has 0 saturated heterocycles. The fourth-order valence-corrected chi connectivity index (χ4v) is 1.71. The fourth-order valence-electron chi connectivity index (χ4n) is 1.71. The molecule has 17 heavy (non-hydrogen) atoms. The Kier molecular flexibility index (Phi) is 3.39. The zero-order valence-electron chi connectivity index (χ0n) is 10.0. The molecule has 5 nitrogen and oxygen atoms in total. The minimum Gasteiger partial charge on any atom is -0.390 e. The monoisotopic (exact) mass is 232 g/mol. The highest BCUT2D eigenvalue weighted by atomic mass is 16.3. The van der Waals surface area contributed by atoms with Crippen molar-refractivity contribution in [2.24, 2.45) is 7.05 Å². The molecule has 0 bridgehead atoms. The molecular weight excluding hydrogens is 216 g/mol. The average Bonchev–Trinajstić information content (AvgIpc) is 2.75. The second-order valence-corrected chi connectivity index (χ2v) is 4.04. The number of aryl methyl sites for hydroxylation is 1. The predicted molar refractivity (Wildman–Crippen MR) is 65.5 cm³/mol. The highest BCUT2D eigenvalue weighted by molar-refractivity contribution is 5.46. The van der Waals surface area contributed by atoms with Crippen LogP contribution in [0.2, 0.25) is 0 Å². The van der Waals surface area contributed by atoms with Crippen molar-refractivity contribution < 1.29 is 5.11 Å². The molecule has 5 heteroatoms. The van der Waals surface area contributed by atoms with Crippen molar-refractivity contribution in [1.82, 2.24) is 14.8 Å². The molecule has 0 spiro atoms. The average molecular weight is 232 g/mol. The number of pyridine rings is 1. The molecule has 0 aliphatic rings. The van der Waals surface area contributed by atoms with Crippen molar-refractivity contribution in [2.45, 2.75) is 13.2 Å². The van der Waals surface area contributed by atoms with Gasteiger partial charge in [0.2, 0.25) is 0 Å². The van der Waals surface area contributed by atoms with E-state index < -0.39 is 0 Å². The first kappa shape index (κ1) is 11.6. The van der Waals surface area contributed by atoms with Gasteiger partial charge in [0.1, 0.15) is 0 Å². The lowest BCUT2D eigenvalue weighted by Crippen LogP contribution is -2.16. The standard InChI is InChI=1S/C12H16N4O/c1-15(7-10-6-14-16(2)8-10)12-3-4-13-11(5-12)9-17/h3-6,8,17H,7,9H2,1-2H3. The van der Waals surface area contributed by atoms with Crippen LogP contribution in [0.4, 0.5) is 5.69 Å². The molecule has 0 unspecified atom stereocenters.